The first-order chi connectivity index (χ1) is 12.3. The quantitative estimate of drug-likeness (QED) is 0.854. The van der Waals surface area contributed by atoms with Crippen molar-refractivity contribution < 1.29 is 17.6 Å². The van der Waals surface area contributed by atoms with Gasteiger partial charge in [-0.2, -0.15) is 0 Å². The Bertz CT molecular complexity index is 957. The summed E-state index contributed by atoms with van der Waals surface area (Å²) in [6.07, 6.45) is 1.85. The Morgan fingerprint density at radius 2 is 1.85 bits per heavy atom. The van der Waals surface area contributed by atoms with E-state index in [1.807, 2.05) is 0 Å². The molecular weight excluding hydrogens is 379 g/mol. The maximum absolute atomic E-state index is 13.3. The van der Waals surface area contributed by atoms with Crippen LogP contribution in [0.25, 0.3) is 0 Å². The molecule has 2 aromatic rings. The highest BCUT2D eigenvalue weighted by Gasteiger charge is 2.25. The zero-order valence-corrected chi connectivity index (χ0v) is 15.7. The fourth-order valence-corrected chi connectivity index (χ4v) is 4.46. The van der Waals surface area contributed by atoms with Gasteiger partial charge in [-0.25, -0.2) is 12.8 Å². The van der Waals surface area contributed by atoms with Crippen LogP contribution in [0, 0.1) is 12.7 Å². The van der Waals surface area contributed by atoms with Gasteiger partial charge in [0.1, 0.15) is 5.82 Å². The lowest BCUT2D eigenvalue weighted by Gasteiger charge is -2.19. The van der Waals surface area contributed by atoms with Crippen LogP contribution < -0.4 is 4.72 Å². The second-order valence-corrected chi connectivity index (χ2v) is 8.29. The number of hydrogen-bond acceptors (Lipinski definition) is 3. The third kappa shape index (κ3) is 3.83. The van der Waals surface area contributed by atoms with E-state index in [0.717, 1.165) is 25.0 Å². The van der Waals surface area contributed by atoms with Crippen molar-refractivity contribution in [3.63, 3.8) is 0 Å². The molecule has 1 aliphatic heterocycles. The summed E-state index contributed by atoms with van der Waals surface area (Å²) in [5, 5.41) is 0.302. The van der Waals surface area contributed by atoms with Gasteiger partial charge in [-0.1, -0.05) is 11.6 Å². The molecule has 1 fully saturated rings. The van der Waals surface area contributed by atoms with Crippen LogP contribution in [0.3, 0.4) is 0 Å². The topological polar surface area (TPSA) is 66.5 Å². The number of halogens is 2. The fraction of sp³-hybridized carbons (Fsp3) is 0.278. The van der Waals surface area contributed by atoms with Crippen LogP contribution >= 0.6 is 11.6 Å². The molecule has 26 heavy (non-hydrogen) atoms. The second-order valence-electron chi connectivity index (χ2n) is 6.20. The van der Waals surface area contributed by atoms with E-state index in [4.69, 9.17) is 11.6 Å². The molecular formula is C18H18ClFN2O3S. The molecule has 2 aromatic carbocycles. The number of likely N-dealkylation sites (tertiary alicyclic amines) is 1. The van der Waals surface area contributed by atoms with Crippen molar-refractivity contribution in [1.82, 2.24) is 4.90 Å². The van der Waals surface area contributed by atoms with Gasteiger partial charge in [0.15, 0.2) is 0 Å². The summed E-state index contributed by atoms with van der Waals surface area (Å²) in [6.45, 7) is 2.79. The Kier molecular flexibility index (Phi) is 5.20. The van der Waals surface area contributed by atoms with Crippen molar-refractivity contribution >= 4 is 33.2 Å². The van der Waals surface area contributed by atoms with Gasteiger partial charge in [-0.3, -0.25) is 9.52 Å². The minimum Gasteiger partial charge on any atom is -0.339 e. The smallest absolute Gasteiger partial charge is 0.262 e. The minimum absolute atomic E-state index is 0.0570. The van der Waals surface area contributed by atoms with Gasteiger partial charge >= 0.3 is 0 Å². The van der Waals surface area contributed by atoms with E-state index in [9.17, 15) is 17.6 Å². The second kappa shape index (κ2) is 7.25. The van der Waals surface area contributed by atoms with Crippen molar-refractivity contribution in [3.8, 4) is 0 Å². The molecule has 1 heterocycles. The predicted octanol–water partition coefficient (Wildman–Crippen LogP) is 3.82. The average molecular weight is 397 g/mol. The molecule has 0 unspecified atom stereocenters. The normalized spacial score (nSPS) is 14.5. The molecule has 0 aromatic heterocycles. The highest BCUT2D eigenvalue weighted by Crippen LogP contribution is 2.27. The largest absolute Gasteiger partial charge is 0.339 e. The summed E-state index contributed by atoms with van der Waals surface area (Å²) in [7, 11) is -4.00. The first kappa shape index (κ1) is 18.7. The SMILES string of the molecule is Cc1cc(F)ccc1S(=O)(=O)Nc1cc(Cl)ccc1C(=O)N1CCCC1. The fourth-order valence-electron chi connectivity index (χ4n) is 2.99. The van der Waals surface area contributed by atoms with Gasteiger partial charge in [0.05, 0.1) is 16.1 Å². The number of carbonyl (C=O) groups excluding carboxylic acids is 1. The summed E-state index contributed by atoms with van der Waals surface area (Å²) < 4.78 is 41.2. The van der Waals surface area contributed by atoms with Crippen molar-refractivity contribution in [1.29, 1.82) is 0 Å². The van der Waals surface area contributed by atoms with E-state index in [2.05, 4.69) is 4.72 Å². The van der Waals surface area contributed by atoms with E-state index in [-0.39, 0.29) is 27.6 Å². The summed E-state index contributed by atoms with van der Waals surface area (Å²) in [5.74, 6) is -0.762. The van der Waals surface area contributed by atoms with Gasteiger partial charge < -0.3 is 4.90 Å². The number of benzene rings is 2. The molecule has 1 saturated heterocycles. The number of hydrogen-bond donors (Lipinski definition) is 1. The van der Waals surface area contributed by atoms with Crippen molar-refractivity contribution in [2.24, 2.45) is 0 Å². The summed E-state index contributed by atoms with van der Waals surface area (Å²) in [4.78, 5) is 14.3. The first-order valence-corrected chi connectivity index (χ1v) is 10.0. The molecule has 3 rings (SSSR count). The molecule has 138 valence electrons. The van der Waals surface area contributed by atoms with Crippen molar-refractivity contribution in [2.45, 2.75) is 24.7 Å². The van der Waals surface area contributed by atoms with Crippen LogP contribution in [0.1, 0.15) is 28.8 Å². The molecule has 8 heteroatoms. The molecule has 0 spiro atoms. The van der Waals surface area contributed by atoms with E-state index in [0.29, 0.717) is 18.1 Å². The van der Waals surface area contributed by atoms with Gasteiger partial charge in [0.2, 0.25) is 0 Å². The number of nitrogens with one attached hydrogen (secondary N) is 1. The zero-order chi connectivity index (χ0) is 18.9. The van der Waals surface area contributed by atoms with Crippen molar-refractivity contribution in [3.05, 3.63) is 58.4 Å². The summed E-state index contributed by atoms with van der Waals surface area (Å²) >= 11 is 6.00. The molecule has 1 N–H and O–H groups in total. The Labute approximate surface area is 156 Å². The molecule has 0 bridgehead atoms. The molecule has 0 saturated carbocycles. The third-order valence-electron chi connectivity index (χ3n) is 4.28. The van der Waals surface area contributed by atoms with Crippen LogP contribution in [0.2, 0.25) is 5.02 Å². The van der Waals surface area contributed by atoms with E-state index >= 15 is 0 Å². The number of sulfonamides is 1. The number of amides is 1. The number of rotatable bonds is 4. The lowest BCUT2D eigenvalue weighted by molar-refractivity contribution is 0.0794. The highest BCUT2D eigenvalue weighted by molar-refractivity contribution is 7.92. The highest BCUT2D eigenvalue weighted by atomic mass is 35.5. The van der Waals surface area contributed by atoms with Crippen LogP contribution in [0.5, 0.6) is 0 Å². The summed E-state index contributed by atoms with van der Waals surface area (Å²) in [5.41, 5.74) is 0.615. The Balaban J connectivity index is 1.98. The Morgan fingerprint density at radius 1 is 1.15 bits per heavy atom. The van der Waals surface area contributed by atoms with Gasteiger partial charge in [-0.05, 0) is 61.7 Å². The van der Waals surface area contributed by atoms with Crippen LogP contribution in [-0.2, 0) is 10.0 Å². The number of aryl methyl sites for hydroxylation is 1. The molecule has 5 nitrogen and oxygen atoms in total. The lowest BCUT2D eigenvalue weighted by atomic mass is 10.1. The van der Waals surface area contributed by atoms with Crippen LogP contribution in [0.4, 0.5) is 10.1 Å². The maximum atomic E-state index is 13.3. The zero-order valence-electron chi connectivity index (χ0n) is 14.1. The minimum atomic E-state index is -4.00. The molecule has 0 aliphatic carbocycles. The monoisotopic (exact) mass is 396 g/mol. The van der Waals surface area contributed by atoms with E-state index < -0.39 is 15.8 Å². The lowest BCUT2D eigenvalue weighted by Crippen LogP contribution is -2.29. The molecule has 1 aliphatic rings. The molecule has 1 amide bonds. The maximum Gasteiger partial charge on any atom is 0.262 e. The molecule has 0 atom stereocenters. The Morgan fingerprint density at radius 3 is 2.50 bits per heavy atom. The van der Waals surface area contributed by atoms with E-state index in [1.165, 1.54) is 25.1 Å². The average Bonchev–Trinajstić information content (AvgIpc) is 3.08. The van der Waals surface area contributed by atoms with Gasteiger partial charge in [0, 0.05) is 18.1 Å². The molecule has 0 radical (unpaired) electrons. The summed E-state index contributed by atoms with van der Waals surface area (Å²) in [6, 6.07) is 7.88. The number of nitrogens with zero attached hydrogens (tertiary/aromatic N) is 1. The predicted molar refractivity (Wildman–Crippen MR) is 98.5 cm³/mol. The van der Waals surface area contributed by atoms with Gasteiger partial charge in [0.25, 0.3) is 15.9 Å². The van der Waals surface area contributed by atoms with E-state index in [1.54, 1.807) is 11.0 Å². The van der Waals surface area contributed by atoms with Crippen LogP contribution in [-0.4, -0.2) is 32.3 Å². The third-order valence-corrected chi connectivity index (χ3v) is 6.04. The first-order valence-electron chi connectivity index (χ1n) is 8.16. The van der Waals surface area contributed by atoms with Gasteiger partial charge in [-0.15, -0.1) is 0 Å². The number of anilines is 1. The van der Waals surface area contributed by atoms with Crippen LogP contribution in [0.15, 0.2) is 41.3 Å². The standard InChI is InChI=1S/C18H18ClFN2O3S/c1-12-10-14(20)5-7-17(12)26(24,25)21-16-11-13(19)4-6-15(16)18(23)22-8-2-3-9-22/h4-7,10-11,21H,2-3,8-9H2,1H3. The van der Waals surface area contributed by atoms with Crippen molar-refractivity contribution in [2.75, 3.05) is 17.8 Å². The Hall–Kier alpha value is -2.12. The number of carbonyl (C=O) groups is 1.